The SMILES string of the molecule is CC(C)CNS(=O)(=O)NCC1(N)CCCCC1. The third kappa shape index (κ3) is 5.81. The molecule has 0 unspecified atom stereocenters. The van der Waals surface area contributed by atoms with Crippen LogP contribution in [0, 0.1) is 5.92 Å². The lowest BCUT2D eigenvalue weighted by atomic mass is 9.83. The van der Waals surface area contributed by atoms with E-state index >= 15 is 0 Å². The number of hydrogen-bond acceptors (Lipinski definition) is 3. The molecule has 4 N–H and O–H groups in total. The third-order valence-electron chi connectivity index (χ3n) is 3.15. The fourth-order valence-corrected chi connectivity index (χ4v) is 3.13. The summed E-state index contributed by atoms with van der Waals surface area (Å²) in [5, 5.41) is 0. The molecule has 0 aromatic carbocycles. The van der Waals surface area contributed by atoms with Crippen molar-refractivity contribution >= 4 is 10.2 Å². The van der Waals surface area contributed by atoms with E-state index in [9.17, 15) is 8.42 Å². The van der Waals surface area contributed by atoms with Gasteiger partial charge < -0.3 is 5.73 Å². The molecule has 102 valence electrons. The van der Waals surface area contributed by atoms with Gasteiger partial charge in [-0.25, -0.2) is 9.44 Å². The predicted molar refractivity (Wildman–Crippen MR) is 69.8 cm³/mol. The van der Waals surface area contributed by atoms with Crippen molar-refractivity contribution < 1.29 is 8.42 Å². The average molecular weight is 263 g/mol. The van der Waals surface area contributed by atoms with Crippen LogP contribution in [-0.2, 0) is 10.2 Å². The molecule has 1 aliphatic carbocycles. The van der Waals surface area contributed by atoms with E-state index in [4.69, 9.17) is 5.73 Å². The maximum atomic E-state index is 11.6. The molecule has 0 spiro atoms. The molecule has 0 amide bonds. The minimum Gasteiger partial charge on any atom is -0.324 e. The van der Waals surface area contributed by atoms with Crippen LogP contribution >= 0.6 is 0 Å². The zero-order valence-electron chi connectivity index (χ0n) is 10.8. The molecular formula is C11H25N3O2S. The van der Waals surface area contributed by atoms with Gasteiger partial charge in [-0.3, -0.25) is 0 Å². The average Bonchev–Trinajstić information content (AvgIpc) is 2.26. The van der Waals surface area contributed by atoms with E-state index in [1.807, 2.05) is 13.8 Å². The van der Waals surface area contributed by atoms with Crippen molar-refractivity contribution in [1.29, 1.82) is 0 Å². The van der Waals surface area contributed by atoms with Crippen molar-refractivity contribution in [1.82, 2.24) is 9.44 Å². The molecule has 0 radical (unpaired) electrons. The number of nitrogens with one attached hydrogen (secondary N) is 2. The lowest BCUT2D eigenvalue weighted by Crippen LogP contribution is -2.53. The van der Waals surface area contributed by atoms with Crippen LogP contribution in [-0.4, -0.2) is 27.0 Å². The number of nitrogens with two attached hydrogens (primary N) is 1. The van der Waals surface area contributed by atoms with E-state index in [-0.39, 0.29) is 5.54 Å². The van der Waals surface area contributed by atoms with Crippen molar-refractivity contribution in [2.75, 3.05) is 13.1 Å². The van der Waals surface area contributed by atoms with Gasteiger partial charge in [0.05, 0.1) is 0 Å². The summed E-state index contributed by atoms with van der Waals surface area (Å²) in [6, 6.07) is 0. The highest BCUT2D eigenvalue weighted by molar-refractivity contribution is 7.87. The van der Waals surface area contributed by atoms with Crippen molar-refractivity contribution in [2.24, 2.45) is 11.7 Å². The van der Waals surface area contributed by atoms with Gasteiger partial charge in [-0.15, -0.1) is 0 Å². The summed E-state index contributed by atoms with van der Waals surface area (Å²) in [4.78, 5) is 0. The Morgan fingerprint density at radius 1 is 1.18 bits per heavy atom. The van der Waals surface area contributed by atoms with Crippen molar-refractivity contribution in [3.05, 3.63) is 0 Å². The Balaban J connectivity index is 2.37. The third-order valence-corrected chi connectivity index (χ3v) is 4.22. The van der Waals surface area contributed by atoms with Crippen molar-refractivity contribution in [3.8, 4) is 0 Å². The maximum Gasteiger partial charge on any atom is 0.276 e. The Morgan fingerprint density at radius 2 is 1.76 bits per heavy atom. The van der Waals surface area contributed by atoms with Gasteiger partial charge in [-0.1, -0.05) is 33.1 Å². The highest BCUT2D eigenvalue weighted by Gasteiger charge is 2.28. The van der Waals surface area contributed by atoms with Gasteiger partial charge in [-0.05, 0) is 18.8 Å². The summed E-state index contributed by atoms with van der Waals surface area (Å²) >= 11 is 0. The minimum absolute atomic E-state index is 0.299. The molecule has 0 aliphatic heterocycles. The van der Waals surface area contributed by atoms with Gasteiger partial charge in [0.1, 0.15) is 0 Å². The maximum absolute atomic E-state index is 11.6. The summed E-state index contributed by atoms with van der Waals surface area (Å²) in [6.45, 7) is 4.72. The van der Waals surface area contributed by atoms with Crippen LogP contribution in [0.25, 0.3) is 0 Å². The van der Waals surface area contributed by atoms with Crippen molar-refractivity contribution in [2.45, 2.75) is 51.5 Å². The van der Waals surface area contributed by atoms with Crippen LogP contribution in [0.2, 0.25) is 0 Å². The summed E-state index contributed by atoms with van der Waals surface area (Å²) in [5.41, 5.74) is 5.81. The predicted octanol–water partition coefficient (Wildman–Crippen LogP) is 0.728. The van der Waals surface area contributed by atoms with Crippen LogP contribution in [0.4, 0.5) is 0 Å². The minimum atomic E-state index is -3.39. The van der Waals surface area contributed by atoms with Gasteiger partial charge in [0.25, 0.3) is 10.2 Å². The molecule has 0 aromatic heterocycles. The molecule has 0 atom stereocenters. The van der Waals surface area contributed by atoms with Gasteiger partial charge in [0.2, 0.25) is 0 Å². The highest BCUT2D eigenvalue weighted by Crippen LogP contribution is 2.25. The van der Waals surface area contributed by atoms with Crippen LogP contribution in [0.5, 0.6) is 0 Å². The summed E-state index contributed by atoms with van der Waals surface area (Å²) < 4.78 is 28.4. The molecule has 1 saturated carbocycles. The van der Waals surface area contributed by atoms with E-state index in [2.05, 4.69) is 9.44 Å². The van der Waals surface area contributed by atoms with Gasteiger partial charge in [0.15, 0.2) is 0 Å². The van der Waals surface area contributed by atoms with Crippen LogP contribution in [0.3, 0.4) is 0 Å². The Labute approximate surface area is 105 Å². The second kappa shape index (κ2) is 6.13. The van der Waals surface area contributed by atoms with E-state index in [0.717, 1.165) is 25.7 Å². The molecule has 1 rings (SSSR count). The Kier molecular flexibility index (Phi) is 5.37. The fraction of sp³-hybridized carbons (Fsp3) is 1.00. The molecule has 17 heavy (non-hydrogen) atoms. The fourth-order valence-electron chi connectivity index (χ4n) is 2.00. The Morgan fingerprint density at radius 3 is 2.29 bits per heavy atom. The first-order chi connectivity index (χ1) is 7.83. The first kappa shape index (κ1) is 14.9. The lowest BCUT2D eigenvalue weighted by Gasteiger charge is -2.33. The summed E-state index contributed by atoms with van der Waals surface area (Å²) in [6.07, 6.45) is 5.20. The smallest absolute Gasteiger partial charge is 0.276 e. The first-order valence-electron chi connectivity index (χ1n) is 6.36. The van der Waals surface area contributed by atoms with Crippen molar-refractivity contribution in [3.63, 3.8) is 0 Å². The van der Waals surface area contributed by atoms with Crippen LogP contribution in [0.15, 0.2) is 0 Å². The van der Waals surface area contributed by atoms with Gasteiger partial charge in [0, 0.05) is 18.6 Å². The number of hydrogen-bond donors (Lipinski definition) is 3. The molecule has 1 fully saturated rings. The topological polar surface area (TPSA) is 84.2 Å². The quantitative estimate of drug-likeness (QED) is 0.660. The van der Waals surface area contributed by atoms with E-state index < -0.39 is 10.2 Å². The second-order valence-electron chi connectivity index (χ2n) is 5.49. The first-order valence-corrected chi connectivity index (χ1v) is 7.84. The summed E-state index contributed by atoms with van der Waals surface area (Å²) in [7, 11) is -3.39. The van der Waals surface area contributed by atoms with Crippen LogP contribution in [0.1, 0.15) is 46.0 Å². The molecule has 0 bridgehead atoms. The van der Waals surface area contributed by atoms with E-state index in [1.165, 1.54) is 6.42 Å². The summed E-state index contributed by atoms with van der Waals surface area (Å²) in [5.74, 6) is 0.299. The lowest BCUT2D eigenvalue weighted by molar-refractivity contribution is 0.296. The molecule has 6 heteroatoms. The van der Waals surface area contributed by atoms with E-state index in [0.29, 0.717) is 19.0 Å². The Hall–Kier alpha value is -0.170. The molecule has 1 aliphatic rings. The largest absolute Gasteiger partial charge is 0.324 e. The van der Waals surface area contributed by atoms with Crippen LogP contribution < -0.4 is 15.2 Å². The monoisotopic (exact) mass is 263 g/mol. The molecule has 0 saturated heterocycles. The molecule has 0 aromatic rings. The normalized spacial score (nSPS) is 20.7. The zero-order valence-corrected chi connectivity index (χ0v) is 11.6. The highest BCUT2D eigenvalue weighted by atomic mass is 32.2. The number of rotatable bonds is 6. The Bertz CT molecular complexity index is 322. The molecule has 0 heterocycles. The van der Waals surface area contributed by atoms with E-state index in [1.54, 1.807) is 0 Å². The zero-order chi connectivity index (χ0) is 12.9. The van der Waals surface area contributed by atoms with Gasteiger partial charge in [-0.2, -0.15) is 8.42 Å². The second-order valence-corrected chi connectivity index (χ2v) is 7.07. The standard InChI is InChI=1S/C11H25N3O2S/c1-10(2)8-13-17(15,16)14-9-11(12)6-4-3-5-7-11/h10,13-14H,3-9,12H2,1-2H3. The molecular weight excluding hydrogens is 238 g/mol. The molecule has 5 nitrogen and oxygen atoms in total. The van der Waals surface area contributed by atoms with Gasteiger partial charge >= 0.3 is 0 Å².